The molecule has 6 aromatic rings. The summed E-state index contributed by atoms with van der Waals surface area (Å²) in [6, 6.07) is 44.8. The number of benzene rings is 6. The van der Waals surface area contributed by atoms with Gasteiger partial charge in [0.2, 0.25) is 0 Å². The monoisotopic (exact) mass is 706 g/mol. The first kappa shape index (κ1) is 36.7. The first-order valence-electron chi connectivity index (χ1n) is 20.0. The van der Waals surface area contributed by atoms with Crippen molar-refractivity contribution in [2.24, 2.45) is 0 Å². The molecule has 0 amide bonds. The zero-order valence-corrected chi connectivity index (χ0v) is 31.1. The molecule has 0 aromatic heterocycles. The van der Waals surface area contributed by atoms with Crippen molar-refractivity contribution in [3.63, 3.8) is 0 Å². The van der Waals surface area contributed by atoms with Gasteiger partial charge in [-0.3, -0.25) is 0 Å². The molecule has 0 bridgehead atoms. The van der Waals surface area contributed by atoms with Crippen LogP contribution in [0, 0.1) is 0 Å². The normalized spacial score (nSPS) is 12.9. The molecule has 0 radical (unpaired) electrons. The number of unbranched alkanes of at least 4 members (excludes halogenated alkanes) is 10. The molecule has 0 saturated heterocycles. The summed E-state index contributed by atoms with van der Waals surface area (Å²) >= 11 is 0. The van der Waals surface area contributed by atoms with Gasteiger partial charge in [0.25, 0.3) is 0 Å². The molecule has 53 heavy (non-hydrogen) atoms. The van der Waals surface area contributed by atoms with Crippen LogP contribution < -0.4 is 9.47 Å². The molecule has 4 heteroatoms. The minimum absolute atomic E-state index is 0.296. The van der Waals surface area contributed by atoms with Gasteiger partial charge in [-0.2, -0.15) is 0 Å². The largest absolute Gasteiger partial charge is 0.494 e. The SMILES string of the molecule is OCCCCCCCCOc1ccc2cc(C3(c4ccc5cc(OCCCCCCCCO)ccc5c4)c4ccccc4-c4ccccc43)ccc2c1. The van der Waals surface area contributed by atoms with Gasteiger partial charge in [0.15, 0.2) is 0 Å². The van der Waals surface area contributed by atoms with Gasteiger partial charge >= 0.3 is 0 Å². The molecule has 7 rings (SSSR count). The molecule has 274 valence electrons. The lowest BCUT2D eigenvalue weighted by Crippen LogP contribution is -2.28. The van der Waals surface area contributed by atoms with E-state index < -0.39 is 5.41 Å². The van der Waals surface area contributed by atoms with Gasteiger partial charge in [-0.15, -0.1) is 0 Å². The van der Waals surface area contributed by atoms with E-state index in [0.717, 1.165) is 76.1 Å². The van der Waals surface area contributed by atoms with Crippen molar-refractivity contribution in [1.29, 1.82) is 0 Å². The van der Waals surface area contributed by atoms with Crippen LogP contribution in [-0.4, -0.2) is 36.6 Å². The average molecular weight is 707 g/mol. The van der Waals surface area contributed by atoms with Crippen molar-refractivity contribution in [3.05, 3.63) is 144 Å². The number of aliphatic hydroxyl groups is 2. The maximum atomic E-state index is 8.99. The summed E-state index contributed by atoms with van der Waals surface area (Å²) in [4.78, 5) is 0. The molecule has 1 aliphatic rings. The van der Waals surface area contributed by atoms with Crippen LogP contribution in [0.5, 0.6) is 11.5 Å². The van der Waals surface area contributed by atoms with Crippen LogP contribution in [0.25, 0.3) is 32.7 Å². The van der Waals surface area contributed by atoms with Gasteiger partial charge < -0.3 is 19.7 Å². The molecular weight excluding hydrogens is 653 g/mol. The van der Waals surface area contributed by atoms with Gasteiger partial charge in [-0.05, 0) is 117 Å². The number of fused-ring (bicyclic) bond motifs is 5. The lowest BCUT2D eigenvalue weighted by molar-refractivity contribution is 0.280. The predicted molar refractivity (Wildman–Crippen MR) is 219 cm³/mol. The molecule has 0 unspecified atom stereocenters. The van der Waals surface area contributed by atoms with Crippen molar-refractivity contribution >= 4 is 21.5 Å². The summed E-state index contributed by atoms with van der Waals surface area (Å²) in [6.07, 6.45) is 13.2. The third kappa shape index (κ3) is 8.15. The second-order valence-electron chi connectivity index (χ2n) is 14.7. The quantitative estimate of drug-likeness (QED) is 0.0775. The molecule has 0 fully saturated rings. The zero-order chi connectivity index (χ0) is 36.3. The summed E-state index contributed by atoms with van der Waals surface area (Å²) in [5, 5.41) is 22.7. The maximum Gasteiger partial charge on any atom is 0.119 e. The number of aliphatic hydroxyl groups excluding tert-OH is 2. The van der Waals surface area contributed by atoms with Gasteiger partial charge in [0, 0.05) is 13.2 Å². The Hall–Kier alpha value is -4.64. The highest BCUT2D eigenvalue weighted by Gasteiger charge is 2.46. The van der Waals surface area contributed by atoms with Crippen LogP contribution in [0.3, 0.4) is 0 Å². The van der Waals surface area contributed by atoms with Gasteiger partial charge in [0.1, 0.15) is 11.5 Å². The molecule has 0 saturated carbocycles. The average Bonchev–Trinajstić information content (AvgIpc) is 3.50. The first-order valence-corrected chi connectivity index (χ1v) is 20.0. The second-order valence-corrected chi connectivity index (χ2v) is 14.7. The molecule has 4 nitrogen and oxygen atoms in total. The third-order valence-electron chi connectivity index (χ3n) is 11.1. The van der Waals surface area contributed by atoms with Gasteiger partial charge in [-0.1, -0.05) is 136 Å². The van der Waals surface area contributed by atoms with Crippen LogP contribution in [0.2, 0.25) is 0 Å². The Bertz CT molecular complexity index is 1950. The third-order valence-corrected chi connectivity index (χ3v) is 11.1. The molecule has 2 N–H and O–H groups in total. The van der Waals surface area contributed by atoms with Crippen molar-refractivity contribution in [1.82, 2.24) is 0 Å². The highest BCUT2D eigenvalue weighted by molar-refractivity contribution is 5.92. The van der Waals surface area contributed by atoms with E-state index in [1.165, 1.54) is 80.6 Å². The maximum absolute atomic E-state index is 8.99. The van der Waals surface area contributed by atoms with Crippen LogP contribution in [-0.2, 0) is 5.41 Å². The Balaban J connectivity index is 1.16. The van der Waals surface area contributed by atoms with Crippen LogP contribution >= 0.6 is 0 Å². The highest BCUT2D eigenvalue weighted by Crippen LogP contribution is 2.56. The summed E-state index contributed by atoms with van der Waals surface area (Å²) in [5.74, 6) is 1.84. The van der Waals surface area contributed by atoms with Crippen molar-refractivity contribution in [2.45, 2.75) is 82.5 Å². The fraction of sp³-hybridized carbons (Fsp3) is 0.347. The number of ether oxygens (including phenoxy) is 2. The Labute approximate surface area is 315 Å². The minimum Gasteiger partial charge on any atom is -0.494 e. The highest BCUT2D eigenvalue weighted by atomic mass is 16.5. The minimum atomic E-state index is -0.478. The second kappa shape index (κ2) is 17.9. The summed E-state index contributed by atoms with van der Waals surface area (Å²) < 4.78 is 12.4. The van der Waals surface area contributed by atoms with E-state index in [1.807, 2.05) is 0 Å². The van der Waals surface area contributed by atoms with E-state index in [4.69, 9.17) is 19.7 Å². The summed E-state index contributed by atoms with van der Waals surface area (Å²) in [7, 11) is 0. The van der Waals surface area contributed by atoms with Crippen LogP contribution in [0.1, 0.15) is 99.3 Å². The number of hydrogen-bond acceptors (Lipinski definition) is 4. The standard InChI is InChI=1S/C49H54O4/c50-29-13-5-1-3-7-15-31-52-43-27-23-37-33-41(25-21-39(37)35-43)49(47-19-11-9-17-45(47)46-18-10-12-20-48(46)49)42-26-22-40-36-44(28-24-38(40)34-42)53-32-16-8-4-2-6-14-30-51/h9-12,17-28,33-36,50-51H,1-8,13-16,29-32H2. The van der Waals surface area contributed by atoms with Crippen LogP contribution in [0.4, 0.5) is 0 Å². The molecule has 6 aromatic carbocycles. The summed E-state index contributed by atoms with van der Waals surface area (Å²) in [5.41, 5.74) is 7.24. The molecule has 0 atom stereocenters. The Morgan fingerprint density at radius 3 is 1.21 bits per heavy atom. The fourth-order valence-electron chi connectivity index (χ4n) is 8.34. The van der Waals surface area contributed by atoms with E-state index in [9.17, 15) is 0 Å². The lowest BCUT2D eigenvalue weighted by atomic mass is 9.67. The van der Waals surface area contributed by atoms with E-state index in [1.54, 1.807) is 0 Å². The molecule has 0 heterocycles. The Morgan fingerprint density at radius 2 is 0.755 bits per heavy atom. The Kier molecular flexibility index (Phi) is 12.4. The molecule has 1 aliphatic carbocycles. The summed E-state index contributed by atoms with van der Waals surface area (Å²) in [6.45, 7) is 2.04. The van der Waals surface area contributed by atoms with E-state index in [0.29, 0.717) is 13.2 Å². The molecule has 0 aliphatic heterocycles. The molecule has 0 spiro atoms. The number of rotatable bonds is 20. The first-order chi connectivity index (χ1) is 26.2. The van der Waals surface area contributed by atoms with Crippen molar-refractivity contribution < 1.29 is 19.7 Å². The zero-order valence-electron chi connectivity index (χ0n) is 31.1. The van der Waals surface area contributed by atoms with Crippen molar-refractivity contribution in [2.75, 3.05) is 26.4 Å². The fourth-order valence-corrected chi connectivity index (χ4v) is 8.34. The van der Waals surface area contributed by atoms with Gasteiger partial charge in [0.05, 0.1) is 18.6 Å². The van der Waals surface area contributed by atoms with Crippen molar-refractivity contribution in [3.8, 4) is 22.6 Å². The lowest BCUT2D eigenvalue weighted by Gasteiger charge is -2.34. The van der Waals surface area contributed by atoms with E-state index in [2.05, 4.69) is 121 Å². The number of hydrogen-bond donors (Lipinski definition) is 2. The van der Waals surface area contributed by atoms with Crippen LogP contribution in [0.15, 0.2) is 121 Å². The van der Waals surface area contributed by atoms with Gasteiger partial charge in [-0.25, -0.2) is 0 Å². The Morgan fingerprint density at radius 1 is 0.377 bits per heavy atom. The smallest absolute Gasteiger partial charge is 0.119 e. The molecular formula is C49H54O4. The van der Waals surface area contributed by atoms with E-state index >= 15 is 0 Å². The van der Waals surface area contributed by atoms with E-state index in [-0.39, 0.29) is 0 Å². The predicted octanol–water partition coefficient (Wildman–Crippen LogP) is 11.8. The topological polar surface area (TPSA) is 58.9 Å².